The van der Waals surface area contributed by atoms with Gasteiger partial charge in [0.15, 0.2) is 0 Å². The fourth-order valence-electron chi connectivity index (χ4n) is 1.22. The van der Waals surface area contributed by atoms with Crippen LogP contribution in [-0.2, 0) is 25.6 Å². The predicted octanol–water partition coefficient (Wildman–Crippen LogP) is 1.90. The van der Waals surface area contributed by atoms with Gasteiger partial charge in [0.2, 0.25) is 0 Å². The van der Waals surface area contributed by atoms with Gasteiger partial charge >= 0.3 is 6.09 Å². The number of pyridine rings is 1. The van der Waals surface area contributed by atoms with Gasteiger partial charge in [-0.05, 0) is 32.9 Å². The van der Waals surface area contributed by atoms with Crippen molar-refractivity contribution in [2.75, 3.05) is 11.6 Å². The summed E-state index contributed by atoms with van der Waals surface area (Å²) in [4.78, 5) is 15.5. The molecule has 0 atom stereocenters. The van der Waals surface area contributed by atoms with Crippen molar-refractivity contribution < 1.29 is 22.1 Å². The van der Waals surface area contributed by atoms with Gasteiger partial charge < -0.3 is 4.74 Å². The predicted molar refractivity (Wildman–Crippen MR) is 73.7 cm³/mol. The third kappa shape index (κ3) is 7.05. The number of hydrogen-bond acceptors (Lipinski definition) is 6. The number of carbonyl (C=O) groups is 1. The normalized spacial score (nSPS) is 12.0. The molecule has 8 heteroatoms. The lowest BCUT2D eigenvalue weighted by Crippen LogP contribution is -2.27. The lowest BCUT2D eigenvalue weighted by atomic mass is 10.2. The van der Waals surface area contributed by atoms with Crippen LogP contribution in [0.2, 0.25) is 0 Å². The van der Waals surface area contributed by atoms with Gasteiger partial charge in [0.1, 0.15) is 12.2 Å². The summed E-state index contributed by atoms with van der Waals surface area (Å²) in [7, 11) is -3.53. The van der Waals surface area contributed by atoms with Gasteiger partial charge in [-0.1, -0.05) is 0 Å². The summed E-state index contributed by atoms with van der Waals surface area (Å²) < 4.78 is 31.5. The van der Waals surface area contributed by atoms with Crippen molar-refractivity contribution in [2.24, 2.45) is 0 Å². The SMILES string of the molecule is CC(C)(C)OC(=O)Nc1ccnc(COS(C)(=O)=O)c1. The average molecular weight is 302 g/mol. The van der Waals surface area contributed by atoms with Crippen LogP contribution in [0.5, 0.6) is 0 Å². The molecule has 0 aliphatic rings. The van der Waals surface area contributed by atoms with E-state index in [4.69, 9.17) is 4.74 Å². The minimum atomic E-state index is -3.53. The summed E-state index contributed by atoms with van der Waals surface area (Å²) in [5.74, 6) is 0. The molecule has 0 aliphatic heterocycles. The van der Waals surface area contributed by atoms with Crippen LogP contribution in [0.15, 0.2) is 18.3 Å². The highest BCUT2D eigenvalue weighted by atomic mass is 32.2. The summed E-state index contributed by atoms with van der Waals surface area (Å²) in [5.41, 5.74) is 0.227. The Hall–Kier alpha value is -1.67. The van der Waals surface area contributed by atoms with Crippen LogP contribution in [0.25, 0.3) is 0 Å². The van der Waals surface area contributed by atoms with E-state index in [1.165, 1.54) is 12.3 Å². The molecule has 1 aromatic rings. The van der Waals surface area contributed by atoms with Crippen molar-refractivity contribution in [3.05, 3.63) is 24.0 Å². The molecule has 0 saturated heterocycles. The molecule has 20 heavy (non-hydrogen) atoms. The van der Waals surface area contributed by atoms with Gasteiger partial charge in [-0.3, -0.25) is 14.5 Å². The smallest absolute Gasteiger partial charge is 0.412 e. The number of amides is 1. The van der Waals surface area contributed by atoms with Crippen LogP contribution in [0.3, 0.4) is 0 Å². The number of hydrogen-bond donors (Lipinski definition) is 1. The first-order valence-corrected chi connectivity index (χ1v) is 7.66. The van der Waals surface area contributed by atoms with Gasteiger partial charge in [0, 0.05) is 11.9 Å². The van der Waals surface area contributed by atoms with E-state index in [9.17, 15) is 13.2 Å². The molecule has 0 aliphatic carbocycles. The zero-order chi connectivity index (χ0) is 15.4. The Labute approximate surface area is 118 Å². The molecule has 0 unspecified atom stereocenters. The number of nitrogens with zero attached hydrogens (tertiary/aromatic N) is 1. The van der Waals surface area contributed by atoms with Crippen LogP contribution < -0.4 is 5.32 Å². The molecule has 0 saturated carbocycles. The number of aromatic nitrogens is 1. The number of rotatable bonds is 4. The van der Waals surface area contributed by atoms with Gasteiger partial charge in [-0.2, -0.15) is 8.42 Å². The third-order valence-electron chi connectivity index (χ3n) is 1.88. The van der Waals surface area contributed by atoms with Crippen molar-refractivity contribution in [3.63, 3.8) is 0 Å². The van der Waals surface area contributed by atoms with E-state index >= 15 is 0 Å². The summed E-state index contributed by atoms with van der Waals surface area (Å²) in [6.45, 7) is 5.07. The molecule has 0 bridgehead atoms. The number of ether oxygens (including phenoxy) is 1. The zero-order valence-corrected chi connectivity index (χ0v) is 12.7. The van der Waals surface area contributed by atoms with Crippen LogP contribution >= 0.6 is 0 Å². The maximum atomic E-state index is 11.6. The Morgan fingerprint density at radius 3 is 2.60 bits per heavy atom. The topological polar surface area (TPSA) is 94.6 Å². The highest BCUT2D eigenvalue weighted by molar-refractivity contribution is 7.85. The molecule has 1 amide bonds. The first kappa shape index (κ1) is 16.4. The molecule has 0 fully saturated rings. The van der Waals surface area contributed by atoms with Gasteiger partial charge in [-0.25, -0.2) is 4.79 Å². The van der Waals surface area contributed by atoms with Gasteiger partial charge in [-0.15, -0.1) is 0 Å². The summed E-state index contributed by atoms with van der Waals surface area (Å²) in [5, 5.41) is 2.53. The van der Waals surface area contributed by atoms with E-state index in [2.05, 4.69) is 14.5 Å². The Bertz CT molecular complexity index is 578. The fraction of sp³-hybridized carbons (Fsp3) is 0.500. The summed E-state index contributed by atoms with van der Waals surface area (Å²) >= 11 is 0. The molecule has 1 N–H and O–H groups in total. The minimum Gasteiger partial charge on any atom is -0.444 e. The van der Waals surface area contributed by atoms with E-state index in [0.717, 1.165) is 6.26 Å². The van der Waals surface area contributed by atoms with E-state index in [0.29, 0.717) is 11.4 Å². The number of carbonyl (C=O) groups excluding carboxylic acids is 1. The molecule has 1 heterocycles. The second-order valence-electron chi connectivity index (χ2n) is 5.13. The first-order chi connectivity index (χ1) is 9.05. The fourth-order valence-corrected chi connectivity index (χ4v) is 1.56. The molecule has 0 aromatic carbocycles. The van der Waals surface area contributed by atoms with Crippen molar-refractivity contribution >= 4 is 21.9 Å². The van der Waals surface area contributed by atoms with Crippen molar-refractivity contribution in [1.29, 1.82) is 0 Å². The van der Waals surface area contributed by atoms with Gasteiger partial charge in [0.05, 0.1) is 11.9 Å². The van der Waals surface area contributed by atoms with Crippen LogP contribution in [0.4, 0.5) is 10.5 Å². The molecule has 7 nitrogen and oxygen atoms in total. The van der Waals surface area contributed by atoms with E-state index in [1.54, 1.807) is 26.8 Å². The lowest BCUT2D eigenvalue weighted by Gasteiger charge is -2.19. The van der Waals surface area contributed by atoms with Crippen molar-refractivity contribution in [3.8, 4) is 0 Å². The van der Waals surface area contributed by atoms with Crippen LogP contribution in [0.1, 0.15) is 26.5 Å². The molecule has 0 radical (unpaired) electrons. The molecule has 0 spiro atoms. The lowest BCUT2D eigenvalue weighted by molar-refractivity contribution is 0.0636. The van der Waals surface area contributed by atoms with Crippen LogP contribution in [0, 0.1) is 0 Å². The molecule has 1 aromatic heterocycles. The Kier molecular flexibility index (Phi) is 5.07. The zero-order valence-electron chi connectivity index (χ0n) is 11.8. The molecular formula is C12H18N2O5S. The monoisotopic (exact) mass is 302 g/mol. The maximum absolute atomic E-state index is 11.6. The number of anilines is 1. The third-order valence-corrected chi connectivity index (χ3v) is 2.43. The van der Waals surface area contributed by atoms with E-state index in [1.807, 2.05) is 0 Å². The van der Waals surface area contributed by atoms with Crippen molar-refractivity contribution in [2.45, 2.75) is 33.0 Å². The van der Waals surface area contributed by atoms with Crippen LogP contribution in [-0.4, -0.2) is 31.4 Å². The second kappa shape index (κ2) is 6.19. The minimum absolute atomic E-state index is 0.192. The number of nitrogens with one attached hydrogen (secondary N) is 1. The first-order valence-electron chi connectivity index (χ1n) is 5.84. The largest absolute Gasteiger partial charge is 0.444 e. The highest BCUT2D eigenvalue weighted by Crippen LogP contribution is 2.13. The van der Waals surface area contributed by atoms with Gasteiger partial charge in [0.25, 0.3) is 10.1 Å². The maximum Gasteiger partial charge on any atom is 0.412 e. The summed E-state index contributed by atoms with van der Waals surface area (Å²) in [6.07, 6.45) is 1.79. The average Bonchev–Trinajstić information content (AvgIpc) is 2.23. The molecular weight excluding hydrogens is 284 g/mol. The standard InChI is InChI=1S/C12H18N2O5S/c1-12(2,3)19-11(15)14-9-5-6-13-10(7-9)8-18-20(4,16)17/h5-7H,8H2,1-4H3,(H,13,14,15). The van der Waals surface area contributed by atoms with Crippen molar-refractivity contribution in [1.82, 2.24) is 4.98 Å². The highest BCUT2D eigenvalue weighted by Gasteiger charge is 2.16. The van der Waals surface area contributed by atoms with E-state index < -0.39 is 21.8 Å². The van der Waals surface area contributed by atoms with E-state index in [-0.39, 0.29) is 6.61 Å². The molecule has 112 valence electrons. The Morgan fingerprint density at radius 1 is 1.40 bits per heavy atom. The Balaban J connectivity index is 2.66. The molecule has 1 rings (SSSR count). The summed E-state index contributed by atoms with van der Waals surface area (Å²) in [6, 6.07) is 3.07. The second-order valence-corrected chi connectivity index (χ2v) is 6.77. The Morgan fingerprint density at radius 2 is 2.05 bits per heavy atom. The quantitative estimate of drug-likeness (QED) is 0.854.